The van der Waals surface area contributed by atoms with Crippen LogP contribution in [-0.2, 0) is 13.0 Å². The molecule has 3 aromatic rings. The molecule has 0 aliphatic carbocycles. The fraction of sp³-hybridized carbons (Fsp3) is 0.222. The Balaban J connectivity index is 1.79. The van der Waals surface area contributed by atoms with E-state index in [2.05, 4.69) is 34.2 Å². The third kappa shape index (κ3) is 2.16. The van der Waals surface area contributed by atoms with Crippen LogP contribution in [0.15, 0.2) is 42.5 Å². The number of benzene rings is 2. The predicted octanol–water partition coefficient (Wildman–Crippen LogP) is 2.72. The number of nitrogens with one attached hydrogen (secondary N) is 1. The lowest BCUT2D eigenvalue weighted by Crippen LogP contribution is -2.17. The standard InChI is InChI=1S/C18H16N4/c19-12-13-1-3-14(4-2-13)15-5-6-17-16(11-15)21-18-7-8-20-9-10-22(17)18/h1-6,11,20H,7-10H2. The lowest BCUT2D eigenvalue weighted by molar-refractivity contribution is 0.657. The molecule has 0 amide bonds. The van der Waals surface area contributed by atoms with Gasteiger partial charge in [-0.3, -0.25) is 0 Å². The van der Waals surface area contributed by atoms with Gasteiger partial charge in [0.25, 0.3) is 0 Å². The smallest absolute Gasteiger partial charge is 0.111 e. The van der Waals surface area contributed by atoms with E-state index in [-0.39, 0.29) is 0 Å². The van der Waals surface area contributed by atoms with E-state index in [1.54, 1.807) is 0 Å². The van der Waals surface area contributed by atoms with Gasteiger partial charge in [0.2, 0.25) is 0 Å². The molecule has 2 heterocycles. The average molecular weight is 288 g/mol. The molecule has 0 bridgehead atoms. The van der Waals surface area contributed by atoms with Crippen LogP contribution in [0.2, 0.25) is 0 Å². The Labute approximate surface area is 129 Å². The zero-order valence-corrected chi connectivity index (χ0v) is 12.2. The van der Waals surface area contributed by atoms with Crippen molar-refractivity contribution in [3.63, 3.8) is 0 Å². The predicted molar refractivity (Wildman–Crippen MR) is 86.5 cm³/mol. The average Bonchev–Trinajstić information content (AvgIpc) is 2.75. The molecular weight excluding hydrogens is 272 g/mol. The van der Waals surface area contributed by atoms with Gasteiger partial charge in [-0.05, 0) is 35.4 Å². The Kier molecular flexibility index (Phi) is 3.14. The minimum absolute atomic E-state index is 0.686. The molecule has 0 saturated carbocycles. The topological polar surface area (TPSA) is 53.6 Å². The van der Waals surface area contributed by atoms with Crippen molar-refractivity contribution in [2.24, 2.45) is 0 Å². The number of imidazole rings is 1. The van der Waals surface area contributed by atoms with Gasteiger partial charge in [-0.2, -0.15) is 5.26 Å². The monoisotopic (exact) mass is 288 g/mol. The maximum atomic E-state index is 8.89. The van der Waals surface area contributed by atoms with Crippen molar-refractivity contribution in [2.45, 2.75) is 13.0 Å². The Bertz CT molecular complexity index is 868. The highest BCUT2D eigenvalue weighted by Gasteiger charge is 2.13. The second-order valence-electron chi connectivity index (χ2n) is 5.57. The van der Waals surface area contributed by atoms with E-state index in [9.17, 15) is 0 Å². The highest BCUT2D eigenvalue weighted by Crippen LogP contribution is 2.25. The Hall–Kier alpha value is -2.64. The summed E-state index contributed by atoms with van der Waals surface area (Å²) in [6, 6.07) is 16.3. The van der Waals surface area contributed by atoms with Crippen molar-refractivity contribution in [1.82, 2.24) is 14.9 Å². The van der Waals surface area contributed by atoms with Crippen LogP contribution in [0.25, 0.3) is 22.2 Å². The van der Waals surface area contributed by atoms with E-state index in [0.29, 0.717) is 5.56 Å². The Morgan fingerprint density at radius 3 is 2.68 bits per heavy atom. The minimum Gasteiger partial charge on any atom is -0.327 e. The summed E-state index contributed by atoms with van der Waals surface area (Å²) >= 11 is 0. The molecule has 4 rings (SSSR count). The Morgan fingerprint density at radius 2 is 1.86 bits per heavy atom. The first-order chi connectivity index (χ1) is 10.8. The first-order valence-electron chi connectivity index (χ1n) is 7.55. The summed E-state index contributed by atoms with van der Waals surface area (Å²) < 4.78 is 2.32. The van der Waals surface area contributed by atoms with Crippen molar-refractivity contribution >= 4 is 11.0 Å². The van der Waals surface area contributed by atoms with Gasteiger partial charge in [0.05, 0.1) is 22.7 Å². The summed E-state index contributed by atoms with van der Waals surface area (Å²) in [7, 11) is 0. The van der Waals surface area contributed by atoms with Crippen molar-refractivity contribution in [3.8, 4) is 17.2 Å². The fourth-order valence-electron chi connectivity index (χ4n) is 3.05. The van der Waals surface area contributed by atoms with E-state index >= 15 is 0 Å². The van der Waals surface area contributed by atoms with Crippen molar-refractivity contribution in [2.75, 3.05) is 13.1 Å². The molecule has 1 N–H and O–H groups in total. The van der Waals surface area contributed by atoms with Crippen LogP contribution < -0.4 is 5.32 Å². The molecular formula is C18H16N4. The number of fused-ring (bicyclic) bond motifs is 3. The second kappa shape index (κ2) is 5.28. The van der Waals surface area contributed by atoms with Crippen LogP contribution in [0.1, 0.15) is 11.4 Å². The third-order valence-corrected chi connectivity index (χ3v) is 4.21. The summed E-state index contributed by atoms with van der Waals surface area (Å²) in [6.45, 7) is 2.96. The normalized spacial score (nSPS) is 14.3. The summed E-state index contributed by atoms with van der Waals surface area (Å²) in [5, 5.41) is 12.3. The largest absolute Gasteiger partial charge is 0.327 e. The Morgan fingerprint density at radius 1 is 1.05 bits per heavy atom. The van der Waals surface area contributed by atoms with E-state index in [1.807, 2.05) is 24.3 Å². The first kappa shape index (κ1) is 13.1. The van der Waals surface area contributed by atoms with Gasteiger partial charge in [0, 0.05) is 26.1 Å². The lowest BCUT2D eigenvalue weighted by atomic mass is 10.0. The summed E-state index contributed by atoms with van der Waals surface area (Å²) in [5.41, 5.74) is 5.20. The van der Waals surface area contributed by atoms with Crippen LogP contribution in [0, 0.1) is 11.3 Å². The number of hydrogen-bond acceptors (Lipinski definition) is 3. The van der Waals surface area contributed by atoms with Crippen molar-refractivity contribution in [3.05, 3.63) is 53.9 Å². The highest BCUT2D eigenvalue weighted by molar-refractivity contribution is 5.82. The van der Waals surface area contributed by atoms with Gasteiger partial charge in [0.15, 0.2) is 0 Å². The van der Waals surface area contributed by atoms with Crippen molar-refractivity contribution in [1.29, 1.82) is 5.26 Å². The number of hydrogen-bond donors (Lipinski definition) is 1. The molecule has 0 unspecified atom stereocenters. The summed E-state index contributed by atoms with van der Waals surface area (Å²) in [5.74, 6) is 1.16. The second-order valence-corrected chi connectivity index (χ2v) is 5.57. The molecule has 1 aliphatic rings. The van der Waals surface area contributed by atoms with E-state index in [1.165, 1.54) is 5.52 Å². The number of rotatable bonds is 1. The van der Waals surface area contributed by atoms with Gasteiger partial charge < -0.3 is 9.88 Å². The van der Waals surface area contributed by atoms with E-state index in [0.717, 1.165) is 48.5 Å². The van der Waals surface area contributed by atoms with Crippen LogP contribution in [0.4, 0.5) is 0 Å². The third-order valence-electron chi connectivity index (χ3n) is 4.21. The number of aromatic nitrogens is 2. The van der Waals surface area contributed by atoms with Gasteiger partial charge in [-0.25, -0.2) is 4.98 Å². The molecule has 108 valence electrons. The van der Waals surface area contributed by atoms with Gasteiger partial charge >= 0.3 is 0 Å². The molecule has 2 aromatic carbocycles. The summed E-state index contributed by atoms with van der Waals surface area (Å²) in [6.07, 6.45) is 0.973. The van der Waals surface area contributed by atoms with E-state index in [4.69, 9.17) is 10.2 Å². The molecule has 0 atom stereocenters. The first-order valence-corrected chi connectivity index (χ1v) is 7.55. The van der Waals surface area contributed by atoms with Crippen molar-refractivity contribution < 1.29 is 0 Å². The van der Waals surface area contributed by atoms with Crippen LogP contribution in [0.5, 0.6) is 0 Å². The molecule has 0 radical (unpaired) electrons. The lowest BCUT2D eigenvalue weighted by Gasteiger charge is -2.05. The molecule has 1 aromatic heterocycles. The number of nitriles is 1. The quantitative estimate of drug-likeness (QED) is 0.749. The van der Waals surface area contributed by atoms with Crippen LogP contribution >= 0.6 is 0 Å². The molecule has 4 nitrogen and oxygen atoms in total. The fourth-order valence-corrected chi connectivity index (χ4v) is 3.05. The highest BCUT2D eigenvalue weighted by atomic mass is 15.1. The van der Waals surface area contributed by atoms with Crippen LogP contribution in [0.3, 0.4) is 0 Å². The SMILES string of the molecule is N#Cc1ccc(-c2ccc3c(c2)nc2n3CCNCC2)cc1. The molecule has 0 spiro atoms. The maximum Gasteiger partial charge on any atom is 0.111 e. The maximum absolute atomic E-state index is 8.89. The van der Waals surface area contributed by atoms with Crippen LogP contribution in [-0.4, -0.2) is 22.6 Å². The van der Waals surface area contributed by atoms with Gasteiger partial charge in [-0.15, -0.1) is 0 Å². The molecule has 1 aliphatic heterocycles. The molecule has 4 heteroatoms. The molecule has 0 fully saturated rings. The molecule has 22 heavy (non-hydrogen) atoms. The zero-order valence-electron chi connectivity index (χ0n) is 12.2. The van der Waals surface area contributed by atoms with Gasteiger partial charge in [0.1, 0.15) is 5.82 Å². The van der Waals surface area contributed by atoms with E-state index < -0.39 is 0 Å². The number of nitrogens with zero attached hydrogens (tertiary/aromatic N) is 3. The zero-order chi connectivity index (χ0) is 14.9. The summed E-state index contributed by atoms with van der Waals surface area (Å²) in [4.78, 5) is 4.80. The molecule has 0 saturated heterocycles. The van der Waals surface area contributed by atoms with Gasteiger partial charge in [-0.1, -0.05) is 18.2 Å². The minimum atomic E-state index is 0.686.